The molecular weight excluding hydrogens is 328 g/mol. The third kappa shape index (κ3) is 4.94. The molecule has 1 unspecified atom stereocenters. The number of rotatable bonds is 6. The van der Waals surface area contributed by atoms with Gasteiger partial charge >= 0.3 is 0 Å². The molecule has 0 aliphatic carbocycles. The number of ether oxygens (including phenoxy) is 1. The van der Waals surface area contributed by atoms with Crippen LogP contribution in [0.15, 0.2) is 36.4 Å². The molecule has 1 aromatic carbocycles. The molecule has 1 fully saturated rings. The van der Waals surface area contributed by atoms with Crippen molar-refractivity contribution >= 4 is 11.7 Å². The molecule has 0 radical (unpaired) electrons. The van der Waals surface area contributed by atoms with E-state index in [1.807, 2.05) is 43.3 Å². The Kier molecular flexibility index (Phi) is 6.04. The number of aryl methyl sites for hydroxylation is 1. The van der Waals surface area contributed by atoms with Crippen molar-refractivity contribution in [3.63, 3.8) is 0 Å². The molecule has 1 amide bonds. The molecule has 6 nitrogen and oxygen atoms in total. The van der Waals surface area contributed by atoms with Crippen molar-refractivity contribution in [3.8, 4) is 5.75 Å². The fourth-order valence-electron chi connectivity index (χ4n) is 3.04. The van der Waals surface area contributed by atoms with Gasteiger partial charge in [-0.05, 0) is 45.2 Å². The van der Waals surface area contributed by atoms with Crippen molar-refractivity contribution in [2.75, 3.05) is 18.0 Å². The lowest BCUT2D eigenvalue weighted by molar-refractivity contribution is -0.127. The summed E-state index contributed by atoms with van der Waals surface area (Å²) < 4.78 is 5.65. The Bertz CT molecular complexity index is 730. The van der Waals surface area contributed by atoms with Gasteiger partial charge in [0.05, 0.1) is 6.54 Å². The predicted octanol–water partition coefficient (Wildman–Crippen LogP) is 2.86. The first kappa shape index (κ1) is 18.2. The van der Waals surface area contributed by atoms with Crippen molar-refractivity contribution in [3.05, 3.63) is 47.9 Å². The Balaban J connectivity index is 1.58. The van der Waals surface area contributed by atoms with E-state index in [9.17, 15) is 4.79 Å². The highest BCUT2D eigenvalue weighted by atomic mass is 16.5. The lowest BCUT2D eigenvalue weighted by Crippen LogP contribution is -2.36. The summed E-state index contributed by atoms with van der Waals surface area (Å²) in [5.41, 5.74) is 0.915. The normalized spacial score (nSPS) is 15.4. The molecule has 1 atom stereocenters. The second kappa shape index (κ2) is 8.65. The van der Waals surface area contributed by atoms with Crippen molar-refractivity contribution < 1.29 is 9.53 Å². The fraction of sp³-hybridized carbons (Fsp3) is 0.450. The van der Waals surface area contributed by atoms with Gasteiger partial charge in [0, 0.05) is 24.8 Å². The van der Waals surface area contributed by atoms with E-state index in [2.05, 4.69) is 20.2 Å². The van der Waals surface area contributed by atoms with Crippen LogP contribution in [0.25, 0.3) is 0 Å². The van der Waals surface area contributed by atoms with Crippen LogP contribution in [0, 0.1) is 6.92 Å². The average molecular weight is 354 g/mol. The largest absolute Gasteiger partial charge is 0.481 e. The maximum Gasteiger partial charge on any atom is 0.261 e. The average Bonchev–Trinajstić information content (AvgIpc) is 2.67. The minimum Gasteiger partial charge on any atom is -0.481 e. The van der Waals surface area contributed by atoms with E-state index in [1.165, 1.54) is 19.3 Å². The van der Waals surface area contributed by atoms with Crippen molar-refractivity contribution in [1.82, 2.24) is 15.3 Å². The summed E-state index contributed by atoms with van der Waals surface area (Å²) in [6.45, 7) is 6.05. The predicted molar refractivity (Wildman–Crippen MR) is 101 cm³/mol. The van der Waals surface area contributed by atoms with E-state index < -0.39 is 6.10 Å². The molecule has 0 bridgehead atoms. The third-order valence-corrected chi connectivity index (χ3v) is 4.41. The van der Waals surface area contributed by atoms with Crippen molar-refractivity contribution in [2.24, 2.45) is 0 Å². The van der Waals surface area contributed by atoms with Gasteiger partial charge < -0.3 is 15.0 Å². The van der Waals surface area contributed by atoms with Crippen LogP contribution in [0.4, 0.5) is 5.82 Å². The number of hydrogen-bond acceptors (Lipinski definition) is 5. The topological polar surface area (TPSA) is 67.4 Å². The molecule has 2 heterocycles. The summed E-state index contributed by atoms with van der Waals surface area (Å²) in [5.74, 6) is 2.08. The van der Waals surface area contributed by atoms with E-state index >= 15 is 0 Å². The monoisotopic (exact) mass is 354 g/mol. The molecule has 2 aromatic rings. The molecule has 138 valence electrons. The second-order valence-electron chi connectivity index (χ2n) is 6.62. The van der Waals surface area contributed by atoms with E-state index in [1.54, 1.807) is 6.92 Å². The summed E-state index contributed by atoms with van der Waals surface area (Å²) in [6, 6.07) is 11.3. The number of aromatic nitrogens is 2. The number of carbonyl (C=O) groups is 1. The molecule has 1 N–H and O–H groups in total. The number of hydrogen-bond donors (Lipinski definition) is 1. The molecule has 26 heavy (non-hydrogen) atoms. The number of nitrogens with zero attached hydrogens (tertiary/aromatic N) is 3. The van der Waals surface area contributed by atoms with Crippen LogP contribution in [-0.2, 0) is 11.3 Å². The molecule has 6 heteroatoms. The van der Waals surface area contributed by atoms with Crippen LogP contribution in [-0.4, -0.2) is 35.1 Å². The zero-order chi connectivity index (χ0) is 18.4. The number of para-hydroxylation sites is 1. The fourth-order valence-corrected chi connectivity index (χ4v) is 3.04. The number of piperidine rings is 1. The van der Waals surface area contributed by atoms with Gasteiger partial charge in [-0.15, -0.1) is 0 Å². The van der Waals surface area contributed by atoms with Crippen molar-refractivity contribution in [2.45, 2.75) is 45.8 Å². The van der Waals surface area contributed by atoms with Gasteiger partial charge in [-0.1, -0.05) is 18.2 Å². The Morgan fingerprint density at radius 2 is 1.92 bits per heavy atom. The summed E-state index contributed by atoms with van der Waals surface area (Å²) in [6.07, 6.45) is 3.10. The number of carbonyl (C=O) groups excluding carboxylic acids is 1. The minimum atomic E-state index is -0.580. The molecule has 1 saturated heterocycles. The standard InChI is InChI=1S/C20H26N4O2/c1-15-13-19(24-11-7-4-8-12-24)23-18(22-15)14-21-20(25)16(2)26-17-9-5-3-6-10-17/h3,5-6,9-10,13,16H,4,7-8,11-12,14H2,1-2H3,(H,21,25). The maximum atomic E-state index is 12.3. The Labute approximate surface area is 154 Å². The molecule has 0 spiro atoms. The first-order valence-electron chi connectivity index (χ1n) is 9.21. The lowest BCUT2D eigenvalue weighted by atomic mass is 10.1. The van der Waals surface area contributed by atoms with Crippen LogP contribution in [0.3, 0.4) is 0 Å². The Morgan fingerprint density at radius 1 is 1.19 bits per heavy atom. The first-order valence-corrected chi connectivity index (χ1v) is 9.21. The number of benzene rings is 1. The summed E-state index contributed by atoms with van der Waals surface area (Å²) >= 11 is 0. The Morgan fingerprint density at radius 3 is 2.65 bits per heavy atom. The van der Waals surface area contributed by atoms with E-state index in [0.717, 1.165) is 24.6 Å². The zero-order valence-electron chi connectivity index (χ0n) is 15.4. The van der Waals surface area contributed by atoms with E-state index in [0.29, 0.717) is 18.1 Å². The van der Waals surface area contributed by atoms with Crippen LogP contribution in [0.1, 0.15) is 37.7 Å². The van der Waals surface area contributed by atoms with Gasteiger partial charge in [-0.25, -0.2) is 9.97 Å². The van der Waals surface area contributed by atoms with E-state index in [4.69, 9.17) is 4.74 Å². The number of anilines is 1. The van der Waals surface area contributed by atoms with Gasteiger partial charge in [0.25, 0.3) is 5.91 Å². The molecule has 0 saturated carbocycles. The van der Waals surface area contributed by atoms with Crippen molar-refractivity contribution in [1.29, 1.82) is 0 Å². The number of amides is 1. The molecular formula is C20H26N4O2. The Hall–Kier alpha value is -2.63. The quantitative estimate of drug-likeness (QED) is 0.864. The van der Waals surface area contributed by atoms with Gasteiger partial charge in [-0.2, -0.15) is 0 Å². The zero-order valence-corrected chi connectivity index (χ0v) is 15.4. The first-order chi connectivity index (χ1) is 12.6. The van der Waals surface area contributed by atoms with Gasteiger partial charge in [0.15, 0.2) is 6.10 Å². The van der Waals surface area contributed by atoms with Crippen LogP contribution >= 0.6 is 0 Å². The van der Waals surface area contributed by atoms with Gasteiger partial charge in [0.2, 0.25) is 0 Å². The van der Waals surface area contributed by atoms with Gasteiger partial charge in [-0.3, -0.25) is 4.79 Å². The van der Waals surface area contributed by atoms with E-state index in [-0.39, 0.29) is 5.91 Å². The summed E-state index contributed by atoms with van der Waals surface area (Å²) in [4.78, 5) is 23.7. The van der Waals surface area contributed by atoms with Crippen LogP contribution < -0.4 is 15.0 Å². The van der Waals surface area contributed by atoms with Crippen LogP contribution in [0.5, 0.6) is 5.75 Å². The summed E-state index contributed by atoms with van der Waals surface area (Å²) in [7, 11) is 0. The molecule has 1 aromatic heterocycles. The lowest BCUT2D eigenvalue weighted by Gasteiger charge is -2.28. The van der Waals surface area contributed by atoms with Gasteiger partial charge in [0.1, 0.15) is 17.4 Å². The highest BCUT2D eigenvalue weighted by Crippen LogP contribution is 2.18. The highest BCUT2D eigenvalue weighted by molar-refractivity contribution is 5.80. The SMILES string of the molecule is Cc1cc(N2CCCCC2)nc(CNC(=O)C(C)Oc2ccccc2)n1. The second-order valence-corrected chi connectivity index (χ2v) is 6.62. The maximum absolute atomic E-state index is 12.3. The third-order valence-electron chi connectivity index (χ3n) is 4.41. The van der Waals surface area contributed by atoms with Crippen LogP contribution in [0.2, 0.25) is 0 Å². The molecule has 3 rings (SSSR count). The number of nitrogens with one attached hydrogen (secondary N) is 1. The highest BCUT2D eigenvalue weighted by Gasteiger charge is 2.17. The minimum absolute atomic E-state index is 0.182. The smallest absolute Gasteiger partial charge is 0.261 e. The molecule has 1 aliphatic heterocycles. The molecule has 1 aliphatic rings. The summed E-state index contributed by atoms with van der Waals surface area (Å²) in [5, 5.41) is 2.87.